The predicted molar refractivity (Wildman–Crippen MR) is 106 cm³/mol. The lowest BCUT2D eigenvalue weighted by atomic mass is 9.93. The fourth-order valence-corrected chi connectivity index (χ4v) is 4.80. The van der Waals surface area contributed by atoms with Gasteiger partial charge in [0.2, 0.25) is 0 Å². The van der Waals surface area contributed by atoms with Crippen molar-refractivity contribution in [3.05, 3.63) is 35.4 Å². The predicted octanol–water partition coefficient (Wildman–Crippen LogP) is 2.63. The van der Waals surface area contributed by atoms with Crippen LogP contribution in [0.25, 0.3) is 0 Å². The molecule has 24 heavy (non-hydrogen) atoms. The van der Waals surface area contributed by atoms with Crippen molar-refractivity contribution in [2.24, 2.45) is 17.8 Å². The van der Waals surface area contributed by atoms with E-state index in [1.807, 2.05) is 0 Å². The van der Waals surface area contributed by atoms with E-state index in [2.05, 4.69) is 60.4 Å². The van der Waals surface area contributed by atoms with Crippen molar-refractivity contribution in [1.29, 1.82) is 0 Å². The van der Waals surface area contributed by atoms with Crippen LogP contribution in [0, 0.1) is 24.7 Å². The van der Waals surface area contributed by atoms with Gasteiger partial charge >= 0.3 is 0 Å². The third kappa shape index (κ3) is 3.76. The highest BCUT2D eigenvalue weighted by Crippen LogP contribution is 2.49. The Hall–Kier alpha value is -0.320. The van der Waals surface area contributed by atoms with E-state index in [0.29, 0.717) is 12.0 Å². The Morgan fingerprint density at radius 2 is 1.67 bits per heavy atom. The Kier molecular flexibility index (Phi) is 6.60. The number of fused-ring (bicyclic) bond motifs is 1. The number of rotatable bonds is 4. The maximum absolute atomic E-state index is 3.52. The van der Waals surface area contributed by atoms with Gasteiger partial charge in [-0.3, -0.25) is 0 Å². The van der Waals surface area contributed by atoms with Gasteiger partial charge in [0, 0.05) is 31.6 Å². The quantitative estimate of drug-likeness (QED) is 0.877. The van der Waals surface area contributed by atoms with E-state index in [0.717, 1.165) is 17.8 Å². The van der Waals surface area contributed by atoms with Crippen LogP contribution < -0.4 is 5.32 Å². The lowest BCUT2D eigenvalue weighted by Gasteiger charge is -2.25. The number of nitrogens with one attached hydrogen (secondary N) is 1. The summed E-state index contributed by atoms with van der Waals surface area (Å²) < 4.78 is 0. The molecule has 1 saturated carbocycles. The lowest BCUT2D eigenvalue weighted by Crippen LogP contribution is -2.35. The molecule has 1 aliphatic carbocycles. The second-order valence-corrected chi connectivity index (χ2v) is 7.92. The summed E-state index contributed by atoms with van der Waals surface area (Å²) in [5, 5.41) is 3.52. The molecule has 1 aromatic carbocycles. The molecule has 4 rings (SSSR count). The van der Waals surface area contributed by atoms with Crippen LogP contribution in [0.5, 0.6) is 0 Å². The number of hydrogen-bond donors (Lipinski definition) is 1. The Bertz CT molecular complexity index is 524. The number of nitrogens with zero attached hydrogens (tertiary/aromatic N) is 2. The van der Waals surface area contributed by atoms with Gasteiger partial charge in [0.15, 0.2) is 0 Å². The van der Waals surface area contributed by atoms with Gasteiger partial charge in [-0.1, -0.05) is 29.8 Å². The third-order valence-electron chi connectivity index (χ3n) is 6.27. The number of likely N-dealkylation sites (N-methyl/N-ethyl adjacent to an activating group) is 1. The van der Waals surface area contributed by atoms with Gasteiger partial charge in [-0.05, 0) is 57.4 Å². The Morgan fingerprint density at radius 3 is 2.25 bits per heavy atom. The largest absolute Gasteiger partial charge is 0.316 e. The minimum atomic E-state index is 0. The molecule has 0 aromatic heterocycles. The fourth-order valence-electron chi connectivity index (χ4n) is 4.80. The van der Waals surface area contributed by atoms with Crippen molar-refractivity contribution in [2.45, 2.75) is 18.9 Å². The summed E-state index contributed by atoms with van der Waals surface area (Å²) in [5.74, 6) is 3.60. The minimum absolute atomic E-state index is 0. The summed E-state index contributed by atoms with van der Waals surface area (Å²) in [5.41, 5.74) is 2.88. The first-order valence-corrected chi connectivity index (χ1v) is 8.79. The monoisotopic (exact) mass is 371 g/mol. The van der Waals surface area contributed by atoms with E-state index < -0.39 is 0 Å². The SMILES string of the molecule is Cc1ccc([C@@H]2CN(CC3[C@H]4CNC[C@@H]34)C[C@H]2N(C)C)cc1.Cl.Cl. The summed E-state index contributed by atoms with van der Waals surface area (Å²) in [4.78, 5) is 5.16. The highest BCUT2D eigenvalue weighted by Gasteiger charge is 2.53. The molecule has 0 bridgehead atoms. The Balaban J connectivity index is 0.00000104. The highest BCUT2D eigenvalue weighted by molar-refractivity contribution is 5.85. The average molecular weight is 372 g/mol. The molecule has 136 valence electrons. The first-order valence-electron chi connectivity index (χ1n) is 8.79. The van der Waals surface area contributed by atoms with E-state index in [4.69, 9.17) is 0 Å². The Labute approximate surface area is 159 Å². The second kappa shape index (κ2) is 7.92. The molecular formula is C19H31Cl2N3. The number of benzene rings is 1. The van der Waals surface area contributed by atoms with Gasteiger partial charge < -0.3 is 15.1 Å². The molecule has 3 aliphatic rings. The third-order valence-corrected chi connectivity index (χ3v) is 6.27. The second-order valence-electron chi connectivity index (χ2n) is 7.92. The topological polar surface area (TPSA) is 18.5 Å². The maximum Gasteiger partial charge on any atom is 0.0298 e. The molecule has 3 fully saturated rings. The van der Waals surface area contributed by atoms with Crippen LogP contribution in [0.1, 0.15) is 17.0 Å². The Morgan fingerprint density at radius 1 is 1.04 bits per heavy atom. The molecule has 1 unspecified atom stereocenters. The van der Waals surface area contributed by atoms with Crippen molar-refractivity contribution < 1.29 is 0 Å². The minimum Gasteiger partial charge on any atom is -0.316 e. The molecule has 1 aromatic rings. The fraction of sp³-hybridized carbons (Fsp3) is 0.684. The van der Waals surface area contributed by atoms with Gasteiger partial charge in [0.05, 0.1) is 0 Å². The summed E-state index contributed by atoms with van der Waals surface area (Å²) in [6, 6.07) is 9.87. The van der Waals surface area contributed by atoms with E-state index in [-0.39, 0.29) is 24.8 Å². The van der Waals surface area contributed by atoms with Gasteiger partial charge in [-0.15, -0.1) is 24.8 Å². The summed E-state index contributed by atoms with van der Waals surface area (Å²) in [7, 11) is 4.48. The van der Waals surface area contributed by atoms with Crippen molar-refractivity contribution >= 4 is 24.8 Å². The van der Waals surface area contributed by atoms with Crippen LogP contribution in [0.15, 0.2) is 24.3 Å². The smallest absolute Gasteiger partial charge is 0.0298 e. The van der Waals surface area contributed by atoms with E-state index in [1.54, 1.807) is 0 Å². The lowest BCUT2D eigenvalue weighted by molar-refractivity contribution is 0.253. The molecule has 0 spiro atoms. The van der Waals surface area contributed by atoms with Crippen LogP contribution in [-0.4, -0.2) is 62.7 Å². The first kappa shape index (κ1) is 20.0. The van der Waals surface area contributed by atoms with Crippen molar-refractivity contribution in [2.75, 3.05) is 46.8 Å². The zero-order valence-corrected chi connectivity index (χ0v) is 16.6. The molecule has 3 nitrogen and oxygen atoms in total. The summed E-state index contributed by atoms with van der Waals surface area (Å²) >= 11 is 0. The summed E-state index contributed by atoms with van der Waals surface area (Å²) in [6.07, 6.45) is 0. The summed E-state index contributed by atoms with van der Waals surface area (Å²) in [6.45, 7) is 8.49. The molecule has 1 N–H and O–H groups in total. The highest BCUT2D eigenvalue weighted by atomic mass is 35.5. The molecule has 0 amide bonds. The van der Waals surface area contributed by atoms with E-state index in [1.165, 1.54) is 43.9 Å². The average Bonchev–Trinajstić information content (AvgIpc) is 2.89. The van der Waals surface area contributed by atoms with Gasteiger partial charge in [0.25, 0.3) is 0 Å². The zero-order chi connectivity index (χ0) is 15.3. The van der Waals surface area contributed by atoms with Crippen LogP contribution in [0.4, 0.5) is 0 Å². The van der Waals surface area contributed by atoms with Crippen LogP contribution in [-0.2, 0) is 0 Å². The number of piperidine rings is 1. The number of halogens is 2. The van der Waals surface area contributed by atoms with Gasteiger partial charge in [0.1, 0.15) is 0 Å². The zero-order valence-electron chi connectivity index (χ0n) is 14.9. The molecule has 0 radical (unpaired) electrons. The molecule has 2 saturated heterocycles. The molecular weight excluding hydrogens is 341 g/mol. The molecule has 5 atom stereocenters. The molecule has 5 heteroatoms. The van der Waals surface area contributed by atoms with Crippen LogP contribution >= 0.6 is 24.8 Å². The van der Waals surface area contributed by atoms with Crippen molar-refractivity contribution in [3.8, 4) is 0 Å². The normalized spacial score (nSPS) is 34.6. The number of aryl methyl sites for hydroxylation is 1. The number of likely N-dealkylation sites (tertiary alicyclic amines) is 1. The van der Waals surface area contributed by atoms with E-state index >= 15 is 0 Å². The first-order chi connectivity index (χ1) is 10.6. The molecule has 2 aliphatic heterocycles. The van der Waals surface area contributed by atoms with Crippen LogP contribution in [0.2, 0.25) is 0 Å². The van der Waals surface area contributed by atoms with Crippen LogP contribution in [0.3, 0.4) is 0 Å². The maximum atomic E-state index is 3.52. The van der Waals surface area contributed by atoms with E-state index in [9.17, 15) is 0 Å². The number of hydrogen-bond acceptors (Lipinski definition) is 3. The van der Waals surface area contributed by atoms with Crippen molar-refractivity contribution in [1.82, 2.24) is 15.1 Å². The van der Waals surface area contributed by atoms with Gasteiger partial charge in [-0.2, -0.15) is 0 Å². The molecule has 2 heterocycles. The standard InChI is InChI=1S/C19H29N3.2ClH/c1-13-4-6-14(7-5-13)17-10-22(12-19(17)21(2)3)11-18-15-8-20-9-16(15)18;;/h4-7,15-20H,8-12H2,1-3H3;2*1H/t15-,16+,17-,18?,19+;;/m0../s1. The van der Waals surface area contributed by atoms with Crippen molar-refractivity contribution in [3.63, 3.8) is 0 Å². The van der Waals surface area contributed by atoms with Gasteiger partial charge in [-0.25, -0.2) is 0 Å².